The van der Waals surface area contributed by atoms with Gasteiger partial charge in [-0.3, -0.25) is 39.4 Å². The molecule has 0 radical (unpaired) electrons. The largest absolute Gasteiger partial charge is 0.318 e. The Labute approximate surface area is 224 Å². The Bertz CT molecular complexity index is 1710. The van der Waals surface area contributed by atoms with Crippen molar-refractivity contribution in [2.45, 2.75) is 0 Å². The van der Waals surface area contributed by atoms with Crippen LogP contribution in [0.2, 0.25) is 10.0 Å². The van der Waals surface area contributed by atoms with Crippen LogP contribution in [0.25, 0.3) is 21.8 Å². The van der Waals surface area contributed by atoms with Crippen molar-refractivity contribution in [3.8, 4) is 0 Å². The Morgan fingerprint density at radius 2 is 1.17 bits per heavy atom. The highest BCUT2D eigenvalue weighted by Gasteiger charge is 2.21. The van der Waals surface area contributed by atoms with Crippen molar-refractivity contribution in [1.29, 1.82) is 0 Å². The van der Waals surface area contributed by atoms with Gasteiger partial charge in [0.15, 0.2) is 0 Å². The molecule has 0 bridgehead atoms. The molecule has 0 saturated carbocycles. The van der Waals surface area contributed by atoms with Crippen LogP contribution in [0.5, 0.6) is 0 Å². The number of nitrogens with zero attached hydrogens (tertiary/aromatic N) is 2. The first-order chi connectivity index (χ1) is 16.8. The maximum Gasteiger partial charge on any atom is 0.298 e. The van der Waals surface area contributed by atoms with Crippen molar-refractivity contribution in [3.63, 3.8) is 0 Å². The second kappa shape index (κ2) is 10.7. The van der Waals surface area contributed by atoms with Crippen LogP contribution < -0.4 is 22.0 Å². The monoisotopic (exact) mass is 660 g/mol. The maximum atomic E-state index is 11.3. The molecular formula is C20H8Br2Cl2N4O8. The first-order valence-corrected chi connectivity index (χ1v) is 11.6. The van der Waals surface area contributed by atoms with Gasteiger partial charge in [0.1, 0.15) is 9.50 Å². The summed E-state index contributed by atoms with van der Waals surface area (Å²) < 4.78 is 0.662. The summed E-state index contributed by atoms with van der Waals surface area (Å²) in [5.41, 5.74) is -3.67. The third kappa shape index (κ3) is 5.36. The van der Waals surface area contributed by atoms with Gasteiger partial charge in [0.05, 0.1) is 36.7 Å². The second-order valence-corrected chi connectivity index (χ2v) is 9.21. The molecule has 0 unspecified atom stereocenters. The third-order valence-corrected chi connectivity index (χ3v) is 7.32. The van der Waals surface area contributed by atoms with E-state index in [0.717, 1.165) is 18.2 Å². The smallest absolute Gasteiger partial charge is 0.298 e. The normalized spacial score (nSPS) is 10.6. The van der Waals surface area contributed by atoms with E-state index in [1.807, 2.05) is 0 Å². The maximum absolute atomic E-state index is 11.3. The summed E-state index contributed by atoms with van der Waals surface area (Å²) in [6.45, 7) is 0. The minimum absolute atomic E-state index is 0.0357. The van der Waals surface area contributed by atoms with E-state index in [1.54, 1.807) is 0 Å². The van der Waals surface area contributed by atoms with Crippen molar-refractivity contribution in [1.82, 2.24) is 9.97 Å². The van der Waals surface area contributed by atoms with E-state index in [9.17, 15) is 39.4 Å². The molecule has 2 aromatic heterocycles. The first kappa shape index (κ1) is 27.1. The van der Waals surface area contributed by atoms with E-state index >= 15 is 0 Å². The van der Waals surface area contributed by atoms with E-state index in [4.69, 9.17) is 23.2 Å². The first-order valence-electron chi connectivity index (χ1n) is 9.23. The lowest BCUT2D eigenvalue weighted by Crippen LogP contribution is -2.22. The molecule has 12 nitrogen and oxygen atoms in total. The summed E-state index contributed by atoms with van der Waals surface area (Å²) in [4.78, 5) is 70.3. The van der Waals surface area contributed by atoms with Crippen LogP contribution in [0.4, 0.5) is 11.4 Å². The molecule has 0 aliphatic carbocycles. The summed E-state index contributed by atoms with van der Waals surface area (Å²) in [7, 11) is 0. The van der Waals surface area contributed by atoms with E-state index < -0.39 is 37.5 Å². The number of benzene rings is 2. The number of nitro benzene ring substituents is 2. The van der Waals surface area contributed by atoms with Crippen LogP contribution in [0.15, 0.2) is 64.5 Å². The summed E-state index contributed by atoms with van der Waals surface area (Å²) in [6, 6.07) is 7.12. The van der Waals surface area contributed by atoms with Crippen LogP contribution in [0.3, 0.4) is 0 Å². The summed E-state index contributed by atoms with van der Waals surface area (Å²) in [6.07, 6.45) is 0. The number of hydrogen-bond donors (Lipinski definition) is 2. The molecule has 36 heavy (non-hydrogen) atoms. The van der Waals surface area contributed by atoms with E-state index in [2.05, 4.69) is 41.8 Å². The molecule has 0 fully saturated rings. The molecule has 16 heteroatoms. The van der Waals surface area contributed by atoms with Gasteiger partial charge in [-0.2, -0.15) is 0 Å². The Kier molecular flexibility index (Phi) is 8.03. The molecule has 0 amide bonds. The van der Waals surface area contributed by atoms with Crippen LogP contribution in [0, 0.1) is 20.2 Å². The fraction of sp³-hybridized carbons (Fsp3) is 0. The average Bonchev–Trinajstić information content (AvgIpc) is 3.02. The number of rotatable bonds is 2. The van der Waals surface area contributed by atoms with Gasteiger partial charge in [0, 0.05) is 4.47 Å². The van der Waals surface area contributed by atoms with Gasteiger partial charge in [-0.05, 0) is 68.3 Å². The van der Waals surface area contributed by atoms with Crippen LogP contribution in [-0.4, -0.2) is 19.8 Å². The molecular weight excluding hydrogens is 655 g/mol. The fourth-order valence-corrected chi connectivity index (χ4v) is 4.31. The minimum Gasteiger partial charge on any atom is -0.318 e. The number of nitro groups is 2. The van der Waals surface area contributed by atoms with Crippen LogP contribution in [0.1, 0.15) is 0 Å². The number of aromatic amines is 2. The van der Waals surface area contributed by atoms with E-state index in [1.165, 1.54) is 18.2 Å². The van der Waals surface area contributed by atoms with Gasteiger partial charge in [-0.15, -0.1) is 0 Å². The molecule has 4 rings (SSSR count). The molecule has 2 aromatic carbocycles. The number of hydrogen-bond acceptors (Lipinski definition) is 8. The zero-order valence-corrected chi connectivity index (χ0v) is 21.8. The molecule has 0 atom stereocenters. The van der Waals surface area contributed by atoms with Gasteiger partial charge < -0.3 is 9.97 Å². The van der Waals surface area contributed by atoms with Crippen LogP contribution in [-0.2, 0) is 0 Å². The molecule has 184 valence electrons. The lowest BCUT2D eigenvalue weighted by atomic mass is 10.2. The highest BCUT2D eigenvalue weighted by Crippen LogP contribution is 2.38. The van der Waals surface area contributed by atoms with Crippen molar-refractivity contribution in [2.75, 3.05) is 0 Å². The van der Waals surface area contributed by atoms with Crippen molar-refractivity contribution >= 4 is 88.2 Å². The van der Waals surface area contributed by atoms with E-state index in [-0.39, 0.29) is 42.0 Å². The van der Waals surface area contributed by atoms with Crippen molar-refractivity contribution < 1.29 is 9.85 Å². The number of H-pyrrole nitrogens is 2. The molecule has 0 aliphatic rings. The van der Waals surface area contributed by atoms with Gasteiger partial charge >= 0.3 is 0 Å². The van der Waals surface area contributed by atoms with Gasteiger partial charge in [-0.25, -0.2) is 0 Å². The van der Waals surface area contributed by atoms with Gasteiger partial charge in [0.25, 0.3) is 22.5 Å². The highest BCUT2D eigenvalue weighted by atomic mass is 79.9. The number of fused-ring (bicyclic) bond motifs is 2. The molecule has 4 aromatic rings. The highest BCUT2D eigenvalue weighted by molar-refractivity contribution is 9.13. The average molecular weight is 663 g/mol. The van der Waals surface area contributed by atoms with Crippen molar-refractivity contribution in [2.24, 2.45) is 0 Å². The molecule has 0 spiro atoms. The summed E-state index contributed by atoms with van der Waals surface area (Å²) in [5.74, 6) is 0. The predicted molar refractivity (Wildman–Crippen MR) is 140 cm³/mol. The van der Waals surface area contributed by atoms with Gasteiger partial charge in [-0.1, -0.05) is 23.2 Å². The quantitative estimate of drug-likeness (QED) is 0.179. The Hall–Kier alpha value is -3.46. The lowest BCUT2D eigenvalue weighted by molar-refractivity contribution is -0.383. The Balaban J connectivity index is 0.000000201. The SMILES string of the molecule is O=c1ccc2c([N+](=O)[O-])c(Br)c(Br)cc2[nH]c1=O.O=c1ccc2c([N+](=O)[O-])c(Cl)c(Cl)cc2[nH]c1=O. The molecule has 2 heterocycles. The third-order valence-electron chi connectivity index (χ3n) is 4.58. The molecule has 0 saturated heterocycles. The summed E-state index contributed by atoms with van der Waals surface area (Å²) >= 11 is 17.7. The Morgan fingerprint density at radius 3 is 1.64 bits per heavy atom. The number of nitrogens with one attached hydrogen (secondary N) is 2. The number of halogens is 4. The van der Waals surface area contributed by atoms with Crippen LogP contribution >= 0.6 is 55.1 Å². The lowest BCUT2D eigenvalue weighted by Gasteiger charge is -2.01. The fourth-order valence-electron chi connectivity index (χ4n) is 2.99. The zero-order chi connectivity index (χ0) is 26.9. The standard InChI is InChI=1S/C10H4Br2N2O4.C10H4Cl2N2O4/c2*11-5-3-6-4(9(8(5)12)14(17)18)1-2-7(15)10(16)13-6/h2*1-3H,(H,13,15,16). The molecule has 2 N–H and O–H groups in total. The van der Waals surface area contributed by atoms with E-state index in [0.29, 0.717) is 4.47 Å². The topological polar surface area (TPSA) is 186 Å². The zero-order valence-electron chi connectivity index (χ0n) is 17.1. The Morgan fingerprint density at radius 1 is 0.722 bits per heavy atom. The van der Waals surface area contributed by atoms with Crippen molar-refractivity contribution in [3.05, 3.63) is 117 Å². The summed E-state index contributed by atoms with van der Waals surface area (Å²) in [5, 5.41) is 21.9. The minimum atomic E-state index is -0.891. The second-order valence-electron chi connectivity index (χ2n) is 6.78. The number of aromatic nitrogens is 2. The predicted octanol–water partition coefficient (Wildman–Crippen LogP) is 4.42. The molecule has 0 aliphatic heterocycles. The van der Waals surface area contributed by atoms with Gasteiger partial charge in [0.2, 0.25) is 10.9 Å².